The molecule has 1 amide bonds. The van der Waals surface area contributed by atoms with Crippen LogP contribution in [0.4, 0.5) is 10.1 Å². The van der Waals surface area contributed by atoms with E-state index in [4.69, 9.17) is 0 Å². The highest BCUT2D eigenvalue weighted by atomic mass is 19.1. The zero-order chi connectivity index (χ0) is 22.3. The third-order valence-electron chi connectivity index (χ3n) is 6.46. The third-order valence-corrected chi connectivity index (χ3v) is 6.46. The summed E-state index contributed by atoms with van der Waals surface area (Å²) in [6.45, 7) is 6.26. The predicted molar refractivity (Wildman–Crippen MR) is 116 cm³/mol. The molecule has 1 N–H and O–H groups in total. The molecule has 4 rings (SSSR count). The lowest BCUT2D eigenvalue weighted by Crippen LogP contribution is -2.45. The van der Waals surface area contributed by atoms with Crippen LogP contribution in [-0.4, -0.2) is 52.6 Å². The molecule has 2 fully saturated rings. The fourth-order valence-corrected chi connectivity index (χ4v) is 4.60. The summed E-state index contributed by atoms with van der Waals surface area (Å²) in [6.07, 6.45) is 4.73. The summed E-state index contributed by atoms with van der Waals surface area (Å²) >= 11 is 0. The average Bonchev–Trinajstić information content (AvgIpc) is 3.60. The maximum Gasteiger partial charge on any atom is 0.341 e. The molecule has 1 unspecified atom stereocenters. The van der Waals surface area contributed by atoms with Crippen LogP contribution in [0.25, 0.3) is 10.9 Å². The SMILES string of the molecule is CCN(CC)C(=O)C1CCCN(c2cc3c(cc2F)c(=O)c(C(=O)O)cn3C2CC2)C1. The van der Waals surface area contributed by atoms with E-state index in [-0.39, 0.29) is 28.8 Å². The van der Waals surface area contributed by atoms with Crippen molar-refractivity contribution in [1.29, 1.82) is 0 Å². The third kappa shape index (κ3) is 3.91. The molecular weight excluding hydrogens is 401 g/mol. The number of aromatic nitrogens is 1. The number of anilines is 1. The highest BCUT2D eigenvalue weighted by Crippen LogP contribution is 2.38. The Kier molecular flexibility index (Phi) is 5.73. The molecule has 1 saturated carbocycles. The summed E-state index contributed by atoms with van der Waals surface area (Å²) in [5.41, 5.74) is -0.0972. The van der Waals surface area contributed by atoms with Gasteiger partial charge in [0.05, 0.1) is 17.1 Å². The fourth-order valence-electron chi connectivity index (χ4n) is 4.60. The monoisotopic (exact) mass is 429 g/mol. The van der Waals surface area contributed by atoms with Gasteiger partial charge >= 0.3 is 5.97 Å². The van der Waals surface area contributed by atoms with Crippen LogP contribution in [0.2, 0.25) is 0 Å². The van der Waals surface area contributed by atoms with Gasteiger partial charge in [0.2, 0.25) is 11.3 Å². The van der Waals surface area contributed by atoms with Gasteiger partial charge in [-0.25, -0.2) is 9.18 Å². The lowest BCUT2D eigenvalue weighted by Gasteiger charge is -2.36. The van der Waals surface area contributed by atoms with Crippen molar-refractivity contribution in [2.24, 2.45) is 5.92 Å². The number of aromatic carboxylic acids is 1. The molecule has 1 aromatic heterocycles. The van der Waals surface area contributed by atoms with Crippen molar-refractivity contribution in [2.45, 2.75) is 45.6 Å². The van der Waals surface area contributed by atoms with Crippen molar-refractivity contribution in [2.75, 3.05) is 31.1 Å². The molecule has 7 nitrogen and oxygen atoms in total. The molecule has 1 aliphatic heterocycles. The summed E-state index contributed by atoms with van der Waals surface area (Å²) in [6, 6.07) is 2.94. The van der Waals surface area contributed by atoms with Crippen LogP contribution < -0.4 is 10.3 Å². The van der Waals surface area contributed by atoms with Crippen LogP contribution in [0.3, 0.4) is 0 Å². The van der Waals surface area contributed by atoms with Crippen LogP contribution in [0.1, 0.15) is 55.9 Å². The number of hydrogen-bond donors (Lipinski definition) is 1. The van der Waals surface area contributed by atoms with Gasteiger partial charge in [0.15, 0.2) is 0 Å². The molecule has 1 aliphatic carbocycles. The fraction of sp³-hybridized carbons (Fsp3) is 0.522. The van der Waals surface area contributed by atoms with Crippen molar-refractivity contribution in [3.8, 4) is 0 Å². The minimum absolute atomic E-state index is 0.0841. The predicted octanol–water partition coefficient (Wildman–Crippen LogP) is 3.26. The van der Waals surface area contributed by atoms with Crippen LogP contribution in [0.5, 0.6) is 0 Å². The number of nitrogens with zero attached hydrogens (tertiary/aromatic N) is 3. The van der Waals surface area contributed by atoms with E-state index < -0.39 is 17.2 Å². The van der Waals surface area contributed by atoms with Gasteiger partial charge in [0.1, 0.15) is 11.4 Å². The number of benzene rings is 1. The molecule has 1 aromatic carbocycles. The molecule has 31 heavy (non-hydrogen) atoms. The Bertz CT molecular complexity index is 1090. The maximum absolute atomic E-state index is 15.2. The number of amides is 1. The van der Waals surface area contributed by atoms with E-state index in [1.54, 1.807) is 10.6 Å². The zero-order valence-electron chi connectivity index (χ0n) is 17.9. The minimum atomic E-state index is -1.31. The van der Waals surface area contributed by atoms with E-state index >= 15 is 4.39 Å². The van der Waals surface area contributed by atoms with Gasteiger partial charge in [0, 0.05) is 43.8 Å². The largest absolute Gasteiger partial charge is 0.477 e. The quantitative estimate of drug-likeness (QED) is 0.762. The Balaban J connectivity index is 1.74. The standard InChI is InChI=1S/C23H28FN3O4/c1-3-25(4-2)22(29)14-6-5-9-26(12-14)20-11-19-16(10-18(20)24)21(28)17(23(30)31)13-27(19)15-7-8-15/h10-11,13-15H,3-9,12H2,1-2H3,(H,30,31). The zero-order valence-corrected chi connectivity index (χ0v) is 17.9. The number of halogens is 1. The molecule has 1 atom stereocenters. The summed E-state index contributed by atoms with van der Waals surface area (Å²) in [7, 11) is 0. The molecule has 8 heteroatoms. The summed E-state index contributed by atoms with van der Waals surface area (Å²) in [5, 5.41) is 9.48. The molecule has 2 heterocycles. The number of carboxylic acids is 1. The van der Waals surface area contributed by atoms with Gasteiger partial charge in [-0.2, -0.15) is 0 Å². The molecular formula is C23H28FN3O4. The van der Waals surface area contributed by atoms with Crippen molar-refractivity contribution in [3.05, 3.63) is 39.9 Å². The molecule has 0 spiro atoms. The van der Waals surface area contributed by atoms with Gasteiger partial charge < -0.3 is 19.5 Å². The van der Waals surface area contributed by atoms with Crippen LogP contribution in [0.15, 0.2) is 23.1 Å². The van der Waals surface area contributed by atoms with Crippen molar-refractivity contribution >= 4 is 28.5 Å². The van der Waals surface area contributed by atoms with Crippen LogP contribution >= 0.6 is 0 Å². The smallest absolute Gasteiger partial charge is 0.341 e. The first kappa shape index (κ1) is 21.3. The molecule has 0 radical (unpaired) electrons. The first-order valence-corrected chi connectivity index (χ1v) is 11.0. The lowest BCUT2D eigenvalue weighted by molar-refractivity contribution is -0.135. The number of piperidine rings is 1. The Hall–Kier alpha value is -2.90. The van der Waals surface area contributed by atoms with Crippen LogP contribution in [0, 0.1) is 11.7 Å². The number of carboxylic acid groups (broad SMARTS) is 1. The number of rotatable bonds is 6. The van der Waals surface area contributed by atoms with E-state index in [9.17, 15) is 19.5 Å². The summed E-state index contributed by atoms with van der Waals surface area (Å²) in [5.74, 6) is -1.97. The summed E-state index contributed by atoms with van der Waals surface area (Å²) < 4.78 is 16.9. The normalized spacial score (nSPS) is 18.9. The minimum Gasteiger partial charge on any atom is -0.477 e. The number of carbonyl (C=O) groups excluding carboxylic acids is 1. The second-order valence-corrected chi connectivity index (χ2v) is 8.43. The molecule has 0 bridgehead atoms. The van der Waals surface area contributed by atoms with Crippen molar-refractivity contribution < 1.29 is 19.1 Å². The van der Waals surface area contributed by atoms with Gasteiger partial charge in [-0.1, -0.05) is 0 Å². The number of hydrogen-bond acceptors (Lipinski definition) is 4. The lowest BCUT2D eigenvalue weighted by atomic mass is 9.95. The van der Waals surface area contributed by atoms with Crippen LogP contribution in [-0.2, 0) is 4.79 Å². The second-order valence-electron chi connectivity index (χ2n) is 8.43. The Morgan fingerprint density at radius 3 is 2.52 bits per heavy atom. The molecule has 2 aliphatic rings. The summed E-state index contributed by atoms with van der Waals surface area (Å²) in [4.78, 5) is 40.7. The van der Waals surface area contributed by atoms with Crippen molar-refractivity contribution in [3.63, 3.8) is 0 Å². The molecule has 1 saturated heterocycles. The highest BCUT2D eigenvalue weighted by molar-refractivity contribution is 5.93. The Morgan fingerprint density at radius 2 is 1.90 bits per heavy atom. The van der Waals surface area contributed by atoms with Gasteiger partial charge in [-0.3, -0.25) is 9.59 Å². The van der Waals surface area contributed by atoms with E-state index in [2.05, 4.69) is 0 Å². The first-order chi connectivity index (χ1) is 14.8. The topological polar surface area (TPSA) is 82.8 Å². The highest BCUT2D eigenvalue weighted by Gasteiger charge is 2.31. The number of pyridine rings is 1. The second kappa shape index (κ2) is 8.32. The average molecular weight is 429 g/mol. The van der Waals surface area contributed by atoms with Crippen molar-refractivity contribution in [1.82, 2.24) is 9.47 Å². The molecule has 2 aromatic rings. The number of fused-ring (bicyclic) bond motifs is 1. The maximum atomic E-state index is 15.2. The van der Waals surface area contributed by atoms with E-state index in [0.29, 0.717) is 37.4 Å². The van der Waals surface area contributed by atoms with Gasteiger partial charge in [0.25, 0.3) is 0 Å². The van der Waals surface area contributed by atoms with Gasteiger partial charge in [-0.05, 0) is 51.7 Å². The van der Waals surface area contributed by atoms with E-state index in [1.165, 1.54) is 6.20 Å². The molecule has 166 valence electrons. The first-order valence-electron chi connectivity index (χ1n) is 11.0. The van der Waals surface area contributed by atoms with E-state index in [1.807, 2.05) is 23.6 Å². The van der Waals surface area contributed by atoms with Gasteiger partial charge in [-0.15, -0.1) is 0 Å². The Labute approximate surface area is 180 Å². The van der Waals surface area contributed by atoms with E-state index in [0.717, 1.165) is 31.7 Å². The number of carbonyl (C=O) groups is 2. The Morgan fingerprint density at radius 1 is 1.19 bits per heavy atom.